The van der Waals surface area contributed by atoms with Crippen molar-refractivity contribution < 1.29 is 4.79 Å². The van der Waals surface area contributed by atoms with Crippen LogP contribution in [0.3, 0.4) is 0 Å². The minimum Gasteiger partial charge on any atom is -0.297 e. The average Bonchev–Trinajstić information content (AvgIpc) is 3.15. The van der Waals surface area contributed by atoms with Crippen molar-refractivity contribution in [2.24, 2.45) is 10.9 Å². The Balaban J connectivity index is 1.22. The van der Waals surface area contributed by atoms with Gasteiger partial charge in [0.2, 0.25) is 5.82 Å². The van der Waals surface area contributed by atoms with Crippen LogP contribution < -0.4 is 0 Å². The van der Waals surface area contributed by atoms with Crippen molar-refractivity contribution >= 4 is 23.1 Å². The highest BCUT2D eigenvalue weighted by Crippen LogP contribution is 2.53. The minimum atomic E-state index is -0.464. The van der Waals surface area contributed by atoms with Gasteiger partial charge in [-0.3, -0.25) is 14.7 Å². The summed E-state index contributed by atoms with van der Waals surface area (Å²) in [6.07, 6.45) is 6.05. The van der Waals surface area contributed by atoms with Gasteiger partial charge >= 0.3 is 0 Å². The maximum atomic E-state index is 13.0. The average molecular weight is 452 g/mol. The van der Waals surface area contributed by atoms with E-state index < -0.39 is 5.54 Å². The van der Waals surface area contributed by atoms with Crippen molar-refractivity contribution in [3.8, 4) is 22.6 Å². The van der Waals surface area contributed by atoms with Gasteiger partial charge in [0, 0.05) is 16.5 Å². The lowest BCUT2D eigenvalue weighted by Gasteiger charge is -2.15. The molecular weight excluding hydrogens is 426 g/mol. The smallest absolute Gasteiger partial charge is 0.256 e. The molecular formula is C26H25N7O. The number of H-pyrrole nitrogens is 1. The minimum absolute atomic E-state index is 0.153. The predicted octanol–water partition coefficient (Wildman–Crippen LogP) is 4.40. The number of amides is 1. The third kappa shape index (κ3) is 3.46. The molecule has 1 amide bonds. The first-order chi connectivity index (χ1) is 16.7. The van der Waals surface area contributed by atoms with Gasteiger partial charge in [0.05, 0.1) is 24.1 Å². The van der Waals surface area contributed by atoms with E-state index in [0.29, 0.717) is 18.3 Å². The first-order valence-corrected chi connectivity index (χ1v) is 11.8. The molecule has 1 spiro atoms. The van der Waals surface area contributed by atoms with Gasteiger partial charge < -0.3 is 0 Å². The number of nitrogens with one attached hydrogen (secondary N) is 1. The van der Waals surface area contributed by atoms with Crippen molar-refractivity contribution in [2.75, 3.05) is 0 Å². The second-order valence-electron chi connectivity index (χ2n) is 9.15. The maximum absolute atomic E-state index is 13.0. The molecule has 3 heterocycles. The number of benzene rings is 2. The van der Waals surface area contributed by atoms with E-state index in [4.69, 9.17) is 4.98 Å². The van der Waals surface area contributed by atoms with Crippen LogP contribution in [0.1, 0.15) is 38.2 Å². The molecule has 2 aromatic carbocycles. The number of hydrogen-bond donors (Lipinski definition) is 1. The standard InChI is InChI=1S/C26H25N7O/c1-2-3-6-19-14-26(19)25(34)33(16-27-26)15-17-9-11-22-18(13-17)10-12-23(28-22)20-7-4-5-8-21(20)24-29-31-32-30-24/h4-5,7-13,16,19H,2-3,6,14-15H2,1H3,(H,29,30,31,32). The first kappa shape index (κ1) is 20.7. The van der Waals surface area contributed by atoms with E-state index >= 15 is 0 Å². The zero-order valence-electron chi connectivity index (χ0n) is 19.0. The summed E-state index contributed by atoms with van der Waals surface area (Å²) < 4.78 is 0. The van der Waals surface area contributed by atoms with Crippen LogP contribution in [-0.2, 0) is 11.3 Å². The third-order valence-electron chi connectivity index (χ3n) is 6.93. The molecule has 0 bridgehead atoms. The van der Waals surface area contributed by atoms with Gasteiger partial charge in [-0.2, -0.15) is 5.21 Å². The summed E-state index contributed by atoms with van der Waals surface area (Å²) in [5.74, 6) is 1.10. The molecule has 4 aromatic rings. The highest BCUT2D eigenvalue weighted by Gasteiger charge is 2.62. The fourth-order valence-corrected chi connectivity index (χ4v) is 4.97. The van der Waals surface area contributed by atoms with Gasteiger partial charge in [-0.25, -0.2) is 4.98 Å². The zero-order chi connectivity index (χ0) is 23.1. The van der Waals surface area contributed by atoms with E-state index in [1.807, 2.05) is 42.5 Å². The lowest BCUT2D eigenvalue weighted by molar-refractivity contribution is -0.128. The van der Waals surface area contributed by atoms with Crippen LogP contribution >= 0.6 is 0 Å². The second kappa shape index (κ2) is 8.13. The summed E-state index contributed by atoms with van der Waals surface area (Å²) in [5, 5.41) is 15.5. The van der Waals surface area contributed by atoms with Crippen molar-refractivity contribution in [2.45, 2.75) is 44.7 Å². The van der Waals surface area contributed by atoms with E-state index in [-0.39, 0.29) is 5.91 Å². The van der Waals surface area contributed by atoms with Gasteiger partial charge in [0.1, 0.15) is 5.54 Å². The van der Waals surface area contributed by atoms with E-state index in [1.54, 1.807) is 11.2 Å². The van der Waals surface area contributed by atoms with Crippen LogP contribution in [0.5, 0.6) is 0 Å². The summed E-state index contributed by atoms with van der Waals surface area (Å²) in [6.45, 7) is 2.72. The summed E-state index contributed by atoms with van der Waals surface area (Å²) in [7, 11) is 0. The highest BCUT2D eigenvalue weighted by molar-refractivity contribution is 6.02. The van der Waals surface area contributed by atoms with E-state index in [0.717, 1.165) is 59.0 Å². The normalized spacial score (nSPS) is 21.1. The Morgan fingerprint density at radius 1 is 1.12 bits per heavy atom. The molecule has 8 heteroatoms. The van der Waals surface area contributed by atoms with Crippen molar-refractivity contribution in [3.63, 3.8) is 0 Å². The summed E-state index contributed by atoms with van der Waals surface area (Å²) in [6, 6.07) is 18.1. The van der Waals surface area contributed by atoms with Crippen LogP contribution in [0.15, 0.2) is 59.6 Å². The maximum Gasteiger partial charge on any atom is 0.256 e. The lowest BCUT2D eigenvalue weighted by atomic mass is 10.0. The Labute approximate surface area is 197 Å². The van der Waals surface area contributed by atoms with Crippen LogP contribution in [0.25, 0.3) is 33.5 Å². The molecule has 1 saturated carbocycles. The molecule has 2 aliphatic rings. The number of pyridine rings is 1. The number of rotatable bonds is 7. The van der Waals surface area contributed by atoms with Crippen LogP contribution in [0.4, 0.5) is 0 Å². The molecule has 1 aliphatic carbocycles. The summed E-state index contributed by atoms with van der Waals surface area (Å²) in [5.41, 5.74) is 4.16. The molecule has 34 heavy (non-hydrogen) atoms. The molecule has 6 rings (SSSR count). The number of unbranched alkanes of at least 4 members (excludes halogenated alkanes) is 1. The molecule has 0 radical (unpaired) electrons. The number of tetrazole rings is 1. The first-order valence-electron chi connectivity index (χ1n) is 11.8. The number of aromatic nitrogens is 5. The van der Waals surface area contributed by atoms with E-state index in [9.17, 15) is 4.79 Å². The molecule has 2 aromatic heterocycles. The number of carbonyl (C=O) groups excluding carboxylic acids is 1. The number of nitrogens with zero attached hydrogens (tertiary/aromatic N) is 6. The van der Waals surface area contributed by atoms with Gasteiger partial charge in [-0.1, -0.05) is 56.2 Å². The van der Waals surface area contributed by atoms with Crippen molar-refractivity contribution in [1.82, 2.24) is 30.5 Å². The van der Waals surface area contributed by atoms with Gasteiger partial charge in [0.25, 0.3) is 5.91 Å². The molecule has 2 atom stereocenters. The van der Waals surface area contributed by atoms with E-state index in [1.165, 1.54) is 0 Å². The largest absolute Gasteiger partial charge is 0.297 e. The fraction of sp³-hybridized carbons (Fsp3) is 0.308. The van der Waals surface area contributed by atoms with E-state index in [2.05, 4.69) is 44.7 Å². The number of hydrogen-bond acceptors (Lipinski definition) is 6. The quantitative estimate of drug-likeness (QED) is 0.449. The summed E-state index contributed by atoms with van der Waals surface area (Å²) in [4.78, 5) is 24.3. The molecule has 170 valence electrons. The predicted molar refractivity (Wildman–Crippen MR) is 130 cm³/mol. The monoisotopic (exact) mass is 451 g/mol. The number of aliphatic imine (C=N–C) groups is 1. The Hall–Kier alpha value is -3.94. The SMILES string of the molecule is CCCCC1CC12N=CN(Cc1ccc3nc(-c4ccccc4-c4nn[nH]n4)ccc3c1)C2=O. The molecule has 0 saturated heterocycles. The van der Waals surface area contributed by atoms with Crippen LogP contribution in [-0.4, -0.2) is 48.3 Å². The highest BCUT2D eigenvalue weighted by atomic mass is 16.2. The number of carbonyl (C=O) groups is 1. The Bertz CT molecular complexity index is 1400. The van der Waals surface area contributed by atoms with Crippen molar-refractivity contribution in [3.05, 3.63) is 60.2 Å². The second-order valence-corrected chi connectivity index (χ2v) is 9.15. The van der Waals surface area contributed by atoms with Gasteiger partial charge in [-0.15, -0.1) is 10.2 Å². The number of fused-ring (bicyclic) bond motifs is 1. The molecule has 2 unspecified atom stereocenters. The molecule has 8 nitrogen and oxygen atoms in total. The Morgan fingerprint density at radius 3 is 2.82 bits per heavy atom. The Morgan fingerprint density at radius 2 is 2.00 bits per heavy atom. The molecule has 1 aliphatic heterocycles. The summed E-state index contributed by atoms with van der Waals surface area (Å²) >= 11 is 0. The van der Waals surface area contributed by atoms with Gasteiger partial charge in [-0.05, 0) is 47.7 Å². The van der Waals surface area contributed by atoms with Crippen LogP contribution in [0, 0.1) is 5.92 Å². The lowest BCUT2D eigenvalue weighted by Crippen LogP contribution is -2.32. The Kier molecular flexibility index (Phi) is 4.94. The van der Waals surface area contributed by atoms with Crippen LogP contribution in [0.2, 0.25) is 0 Å². The fourth-order valence-electron chi connectivity index (χ4n) is 4.97. The zero-order valence-corrected chi connectivity index (χ0v) is 19.0. The van der Waals surface area contributed by atoms with Gasteiger partial charge in [0.15, 0.2) is 0 Å². The topological polar surface area (TPSA) is 100 Å². The number of aromatic amines is 1. The third-order valence-corrected chi connectivity index (χ3v) is 6.93. The molecule has 1 fully saturated rings. The van der Waals surface area contributed by atoms with Crippen molar-refractivity contribution in [1.29, 1.82) is 0 Å². The molecule has 1 N–H and O–H groups in total.